The van der Waals surface area contributed by atoms with Gasteiger partial charge in [-0.3, -0.25) is 0 Å². The fourth-order valence-electron chi connectivity index (χ4n) is 2.29. The number of fused-ring (bicyclic) bond motifs is 1. The second-order valence-corrected chi connectivity index (χ2v) is 4.75. The van der Waals surface area contributed by atoms with Crippen LogP contribution in [0, 0.1) is 11.3 Å². The van der Waals surface area contributed by atoms with Crippen LogP contribution in [-0.2, 0) is 13.2 Å². The number of alkyl halides is 3. The topological polar surface area (TPSA) is 66.5 Å². The Labute approximate surface area is 123 Å². The largest absolute Gasteiger partial charge is 0.417 e. The molecule has 0 bridgehead atoms. The average Bonchev–Trinajstić information content (AvgIpc) is 2.83. The lowest BCUT2D eigenvalue weighted by atomic mass is 10.1. The van der Waals surface area contributed by atoms with Gasteiger partial charge in [-0.15, -0.1) is 0 Å². The van der Waals surface area contributed by atoms with Gasteiger partial charge in [0.05, 0.1) is 11.1 Å². The molecule has 0 atom stereocenters. The first-order valence-corrected chi connectivity index (χ1v) is 6.36. The summed E-state index contributed by atoms with van der Waals surface area (Å²) in [7, 11) is 1.66. The molecule has 1 aliphatic heterocycles. The van der Waals surface area contributed by atoms with Gasteiger partial charge in [0.15, 0.2) is 5.65 Å². The quantitative estimate of drug-likeness (QED) is 0.878. The normalized spacial score (nSPS) is 15.0. The van der Waals surface area contributed by atoms with Crippen molar-refractivity contribution in [1.82, 2.24) is 19.9 Å². The highest BCUT2D eigenvalue weighted by molar-refractivity contribution is 5.85. The highest BCUT2D eigenvalue weighted by Gasteiger charge is 2.32. The van der Waals surface area contributed by atoms with E-state index in [1.807, 2.05) is 6.07 Å². The van der Waals surface area contributed by atoms with Crippen LogP contribution in [0.5, 0.6) is 0 Å². The molecule has 0 spiro atoms. The van der Waals surface area contributed by atoms with Crippen molar-refractivity contribution in [3.63, 3.8) is 0 Å². The number of hydrogen-bond donors (Lipinski definition) is 1. The van der Waals surface area contributed by atoms with Gasteiger partial charge >= 0.3 is 6.18 Å². The number of hydrogen-bond acceptors (Lipinski definition) is 4. The first kappa shape index (κ1) is 14.1. The summed E-state index contributed by atoms with van der Waals surface area (Å²) in [5, 5.41) is 12.0. The molecule has 0 saturated heterocycles. The molecule has 2 aromatic heterocycles. The Morgan fingerprint density at radius 3 is 2.86 bits per heavy atom. The summed E-state index contributed by atoms with van der Waals surface area (Å²) in [5.41, 5.74) is 0.583. The van der Waals surface area contributed by atoms with Crippen molar-refractivity contribution in [2.24, 2.45) is 7.05 Å². The lowest BCUT2D eigenvalue weighted by Gasteiger charge is -2.11. The molecule has 0 fully saturated rings. The molecule has 0 aliphatic carbocycles. The van der Waals surface area contributed by atoms with Gasteiger partial charge in [-0.2, -0.15) is 18.4 Å². The number of allylic oxidation sites excluding steroid dienone is 2. The van der Waals surface area contributed by atoms with E-state index in [9.17, 15) is 13.2 Å². The van der Waals surface area contributed by atoms with E-state index in [0.717, 1.165) is 12.3 Å². The monoisotopic (exact) mass is 305 g/mol. The maximum atomic E-state index is 12.7. The molecule has 8 heteroatoms. The minimum absolute atomic E-state index is 0.143. The van der Waals surface area contributed by atoms with Crippen LogP contribution in [0.1, 0.15) is 11.4 Å². The molecule has 3 heterocycles. The van der Waals surface area contributed by atoms with Crippen LogP contribution in [0.2, 0.25) is 0 Å². The number of dihydropyridines is 1. The van der Waals surface area contributed by atoms with E-state index < -0.39 is 11.7 Å². The first-order valence-electron chi connectivity index (χ1n) is 6.36. The van der Waals surface area contributed by atoms with Crippen LogP contribution in [0.4, 0.5) is 13.2 Å². The third-order valence-corrected chi connectivity index (χ3v) is 3.36. The Kier molecular flexibility index (Phi) is 3.13. The fraction of sp³-hybridized carbons (Fsp3) is 0.214. The highest BCUT2D eigenvalue weighted by Crippen LogP contribution is 2.31. The van der Waals surface area contributed by atoms with E-state index in [4.69, 9.17) is 5.26 Å². The minimum Gasteiger partial charge on any atom is -0.386 e. The van der Waals surface area contributed by atoms with Crippen LogP contribution < -0.4 is 5.32 Å². The smallest absolute Gasteiger partial charge is 0.386 e. The van der Waals surface area contributed by atoms with Gasteiger partial charge < -0.3 is 9.88 Å². The van der Waals surface area contributed by atoms with Gasteiger partial charge in [0.2, 0.25) is 0 Å². The number of aryl methyl sites for hydroxylation is 1. The number of imidazole rings is 1. The van der Waals surface area contributed by atoms with Gasteiger partial charge in [-0.1, -0.05) is 6.08 Å². The summed E-state index contributed by atoms with van der Waals surface area (Å²) in [6.07, 6.45) is -0.357. The van der Waals surface area contributed by atoms with Gasteiger partial charge in [0.25, 0.3) is 0 Å². The van der Waals surface area contributed by atoms with Crippen molar-refractivity contribution in [2.75, 3.05) is 6.54 Å². The Bertz CT molecular complexity index is 852. The lowest BCUT2D eigenvalue weighted by molar-refractivity contribution is -0.137. The molecule has 3 rings (SSSR count). The van der Waals surface area contributed by atoms with E-state index in [1.165, 1.54) is 0 Å². The molecular formula is C14H10F3N5. The molecule has 5 nitrogen and oxygen atoms in total. The van der Waals surface area contributed by atoms with Crippen LogP contribution >= 0.6 is 0 Å². The standard InChI is InChI=1S/C14H10F3N5/c1-22-12(10-2-3-19-6-8(10)5-18)21-11-4-9(14(15,16)17)7-20-13(11)22/h2,4,6-7,19H,3H2,1H3. The third kappa shape index (κ3) is 2.20. The van der Waals surface area contributed by atoms with Crippen molar-refractivity contribution in [3.8, 4) is 6.07 Å². The summed E-state index contributed by atoms with van der Waals surface area (Å²) in [6, 6.07) is 3.00. The number of nitrogens with one attached hydrogen (secondary N) is 1. The van der Waals surface area contributed by atoms with Gasteiger partial charge in [-0.05, 0) is 6.07 Å². The average molecular weight is 305 g/mol. The molecule has 22 heavy (non-hydrogen) atoms. The maximum absolute atomic E-state index is 12.7. The van der Waals surface area contributed by atoms with E-state index >= 15 is 0 Å². The van der Waals surface area contributed by atoms with Gasteiger partial charge in [0.1, 0.15) is 17.4 Å². The Morgan fingerprint density at radius 2 is 2.18 bits per heavy atom. The summed E-state index contributed by atoms with van der Waals surface area (Å²) in [4.78, 5) is 8.07. The van der Waals surface area contributed by atoms with Gasteiger partial charge in [0, 0.05) is 31.6 Å². The van der Waals surface area contributed by atoms with Crippen LogP contribution in [0.3, 0.4) is 0 Å². The van der Waals surface area contributed by atoms with E-state index in [2.05, 4.69) is 15.3 Å². The molecule has 1 N–H and O–H groups in total. The molecule has 2 aromatic rings. The second kappa shape index (κ2) is 4.87. The van der Waals surface area contributed by atoms with Gasteiger partial charge in [-0.25, -0.2) is 9.97 Å². The number of nitrogens with zero attached hydrogens (tertiary/aromatic N) is 4. The molecular weight excluding hydrogens is 295 g/mol. The van der Waals surface area contributed by atoms with Crippen LogP contribution in [-0.4, -0.2) is 21.1 Å². The minimum atomic E-state index is -4.47. The van der Waals surface area contributed by atoms with Crippen molar-refractivity contribution < 1.29 is 13.2 Å². The fourth-order valence-corrected chi connectivity index (χ4v) is 2.29. The molecule has 0 aromatic carbocycles. The van der Waals surface area contributed by atoms with E-state index in [-0.39, 0.29) is 5.52 Å². The summed E-state index contributed by atoms with van der Waals surface area (Å²) < 4.78 is 39.8. The molecule has 112 valence electrons. The number of rotatable bonds is 1. The molecule has 0 amide bonds. The third-order valence-electron chi connectivity index (χ3n) is 3.36. The Balaban J connectivity index is 2.17. The zero-order valence-corrected chi connectivity index (χ0v) is 11.4. The zero-order valence-electron chi connectivity index (χ0n) is 11.4. The first-order chi connectivity index (χ1) is 10.4. The predicted molar refractivity (Wildman–Crippen MR) is 73.2 cm³/mol. The molecule has 0 unspecified atom stereocenters. The van der Waals surface area contributed by atoms with Crippen molar-refractivity contribution >= 4 is 16.7 Å². The summed E-state index contributed by atoms with van der Waals surface area (Å²) >= 11 is 0. The molecule has 0 saturated carbocycles. The van der Waals surface area contributed by atoms with Crippen molar-refractivity contribution in [1.29, 1.82) is 5.26 Å². The predicted octanol–water partition coefficient (Wildman–Crippen LogP) is 2.38. The highest BCUT2D eigenvalue weighted by atomic mass is 19.4. The lowest BCUT2D eigenvalue weighted by Crippen LogP contribution is -2.13. The number of halogens is 3. The zero-order chi connectivity index (χ0) is 15.9. The van der Waals surface area contributed by atoms with E-state index in [0.29, 0.717) is 29.2 Å². The van der Waals surface area contributed by atoms with Crippen LogP contribution in [0.15, 0.2) is 30.1 Å². The number of pyridine rings is 1. The van der Waals surface area contributed by atoms with Crippen LogP contribution in [0.25, 0.3) is 16.7 Å². The summed E-state index contributed by atoms with van der Waals surface area (Å²) in [5.74, 6) is 0.413. The van der Waals surface area contributed by atoms with E-state index in [1.54, 1.807) is 23.9 Å². The van der Waals surface area contributed by atoms with Crippen molar-refractivity contribution in [2.45, 2.75) is 6.18 Å². The number of aromatic nitrogens is 3. The molecule has 0 radical (unpaired) electrons. The van der Waals surface area contributed by atoms with Crippen molar-refractivity contribution in [3.05, 3.63) is 41.5 Å². The Hall–Kier alpha value is -2.82. The maximum Gasteiger partial charge on any atom is 0.417 e. The Morgan fingerprint density at radius 1 is 1.41 bits per heavy atom. The second-order valence-electron chi connectivity index (χ2n) is 4.75. The number of nitriles is 1. The summed E-state index contributed by atoms with van der Waals surface area (Å²) in [6.45, 7) is 0.519. The SMILES string of the molecule is Cn1c(C2=CCNC=C2C#N)nc2cc(C(F)(F)F)cnc21. The molecule has 1 aliphatic rings.